The van der Waals surface area contributed by atoms with Crippen molar-refractivity contribution >= 4 is 28.7 Å². The molecule has 0 saturated carbocycles. The van der Waals surface area contributed by atoms with Crippen LogP contribution in [0.3, 0.4) is 0 Å². The van der Waals surface area contributed by atoms with Crippen molar-refractivity contribution in [2.45, 2.75) is 19.1 Å². The van der Waals surface area contributed by atoms with Gasteiger partial charge < -0.3 is 21.7 Å². The number of hydrogen-bond acceptors (Lipinski definition) is 6. The molecule has 1 aliphatic heterocycles. The van der Waals surface area contributed by atoms with E-state index in [-0.39, 0.29) is 23.5 Å². The largest absolute Gasteiger partial charge is 0.398 e. The van der Waals surface area contributed by atoms with Gasteiger partial charge in [-0.1, -0.05) is 12.1 Å². The molecule has 3 aromatic rings. The summed E-state index contributed by atoms with van der Waals surface area (Å²) in [4.78, 5) is 16.7. The van der Waals surface area contributed by atoms with Crippen LogP contribution in [-0.2, 0) is 4.79 Å². The van der Waals surface area contributed by atoms with Crippen LogP contribution < -0.4 is 21.7 Å². The van der Waals surface area contributed by atoms with Gasteiger partial charge in [-0.25, -0.2) is 4.39 Å². The van der Waals surface area contributed by atoms with E-state index < -0.39 is 6.17 Å². The molecule has 0 spiro atoms. The van der Waals surface area contributed by atoms with E-state index in [1.807, 2.05) is 6.92 Å². The minimum absolute atomic E-state index is 0.257. The van der Waals surface area contributed by atoms with Crippen molar-refractivity contribution in [3.8, 4) is 0 Å². The molecule has 1 amide bonds. The van der Waals surface area contributed by atoms with E-state index in [4.69, 9.17) is 11.1 Å². The Balaban J connectivity index is 1.48. The number of carbonyl (C=O) groups excluding carboxylic acids is 1. The predicted molar refractivity (Wildman–Crippen MR) is 115 cm³/mol. The average Bonchev–Trinajstić information content (AvgIpc) is 3.16. The first kappa shape index (κ1) is 19.4. The van der Waals surface area contributed by atoms with Gasteiger partial charge in [0.05, 0.1) is 23.1 Å². The fraction of sp³-hybridized carbons (Fsp3) is 0.136. The van der Waals surface area contributed by atoms with E-state index in [1.54, 1.807) is 48.8 Å². The van der Waals surface area contributed by atoms with Crippen LogP contribution >= 0.6 is 0 Å². The lowest BCUT2D eigenvalue weighted by Gasteiger charge is -2.18. The highest BCUT2D eigenvalue weighted by Gasteiger charge is 2.28. The van der Waals surface area contributed by atoms with Crippen molar-refractivity contribution in [3.05, 3.63) is 83.4 Å². The topological polar surface area (TPSA) is 116 Å². The lowest BCUT2D eigenvalue weighted by molar-refractivity contribution is -0.121. The zero-order chi connectivity index (χ0) is 21.3. The van der Waals surface area contributed by atoms with Gasteiger partial charge in [-0.3, -0.25) is 15.2 Å². The minimum atomic E-state index is -0.687. The summed E-state index contributed by atoms with van der Waals surface area (Å²) in [5, 5.41) is 17.6. The quantitative estimate of drug-likeness (QED) is 0.331. The Labute approximate surface area is 173 Å². The normalized spacial score (nSPS) is 15.5. The SMILES string of the molecule is CC(NC(=O)C1Nc2cc(N)c(C(=N)c3ccncc3)cc2N1)c1ccc(F)cc1. The Morgan fingerprint density at radius 2 is 1.77 bits per heavy atom. The number of anilines is 3. The maximum absolute atomic E-state index is 13.1. The number of fused-ring (bicyclic) bond motifs is 1. The second kappa shape index (κ2) is 7.82. The molecule has 1 aliphatic rings. The van der Waals surface area contributed by atoms with E-state index >= 15 is 0 Å². The molecular weight excluding hydrogens is 383 g/mol. The van der Waals surface area contributed by atoms with Crippen LogP contribution in [0.2, 0.25) is 0 Å². The number of nitrogens with one attached hydrogen (secondary N) is 4. The molecule has 2 aromatic carbocycles. The van der Waals surface area contributed by atoms with Gasteiger partial charge in [0.25, 0.3) is 5.91 Å². The molecule has 7 nitrogen and oxygen atoms in total. The highest BCUT2D eigenvalue weighted by Crippen LogP contribution is 2.34. The molecule has 1 aromatic heterocycles. The van der Waals surface area contributed by atoms with E-state index in [0.717, 1.165) is 5.56 Å². The second-order valence-electron chi connectivity index (χ2n) is 7.10. The van der Waals surface area contributed by atoms with Gasteiger partial charge >= 0.3 is 0 Å². The van der Waals surface area contributed by atoms with Gasteiger partial charge in [-0.05, 0) is 48.9 Å². The van der Waals surface area contributed by atoms with E-state index in [0.29, 0.717) is 28.2 Å². The minimum Gasteiger partial charge on any atom is -0.398 e. The monoisotopic (exact) mass is 404 g/mol. The molecule has 0 radical (unpaired) electrons. The van der Waals surface area contributed by atoms with Gasteiger partial charge in [0.2, 0.25) is 0 Å². The molecule has 0 saturated heterocycles. The zero-order valence-electron chi connectivity index (χ0n) is 16.2. The highest BCUT2D eigenvalue weighted by atomic mass is 19.1. The molecule has 2 atom stereocenters. The second-order valence-corrected chi connectivity index (χ2v) is 7.10. The summed E-state index contributed by atoms with van der Waals surface area (Å²) in [6.45, 7) is 1.83. The number of carbonyl (C=O) groups is 1. The number of nitrogens with zero attached hydrogens (tertiary/aromatic N) is 1. The summed E-state index contributed by atoms with van der Waals surface area (Å²) in [5.74, 6) is -0.579. The maximum atomic E-state index is 13.1. The Kier molecular flexibility index (Phi) is 5.05. The van der Waals surface area contributed by atoms with Gasteiger partial charge in [-0.15, -0.1) is 0 Å². The first-order valence-electron chi connectivity index (χ1n) is 9.44. The molecule has 4 rings (SSSR count). The number of rotatable bonds is 5. The van der Waals surface area contributed by atoms with Crippen LogP contribution in [0.15, 0.2) is 60.9 Å². The number of aromatic nitrogens is 1. The molecule has 0 fully saturated rings. The molecule has 6 N–H and O–H groups in total. The predicted octanol–water partition coefficient (Wildman–Crippen LogP) is 3.26. The molecule has 0 bridgehead atoms. The Bertz CT molecular complexity index is 1100. The third-order valence-corrected chi connectivity index (χ3v) is 5.02. The van der Waals surface area contributed by atoms with Gasteiger partial charge in [0, 0.05) is 29.2 Å². The van der Waals surface area contributed by atoms with Crippen LogP contribution in [0.1, 0.15) is 29.7 Å². The van der Waals surface area contributed by atoms with Crippen LogP contribution in [0.25, 0.3) is 0 Å². The summed E-state index contributed by atoms with van der Waals surface area (Å²) in [6, 6.07) is 12.7. The summed E-state index contributed by atoms with van der Waals surface area (Å²) in [6.07, 6.45) is 2.55. The van der Waals surface area contributed by atoms with E-state index in [1.165, 1.54) is 12.1 Å². The van der Waals surface area contributed by atoms with E-state index in [9.17, 15) is 9.18 Å². The number of pyridine rings is 1. The third-order valence-electron chi connectivity index (χ3n) is 5.02. The van der Waals surface area contributed by atoms with Crippen molar-refractivity contribution in [2.24, 2.45) is 0 Å². The molecule has 2 unspecified atom stereocenters. The smallest absolute Gasteiger partial charge is 0.263 e. The lowest BCUT2D eigenvalue weighted by atomic mass is 10.0. The zero-order valence-corrected chi connectivity index (χ0v) is 16.2. The summed E-state index contributed by atoms with van der Waals surface area (Å²) < 4.78 is 13.1. The Morgan fingerprint density at radius 3 is 2.43 bits per heavy atom. The average molecular weight is 404 g/mol. The summed E-state index contributed by atoms with van der Waals surface area (Å²) in [5.41, 5.74) is 10.3. The number of benzene rings is 2. The highest BCUT2D eigenvalue weighted by molar-refractivity contribution is 6.15. The standard InChI is InChI=1S/C22H21FN6O/c1-12(13-2-4-15(23)5-3-13)27-22(30)21-28-18-10-16(17(24)11-19(18)29-21)20(25)14-6-8-26-9-7-14/h2-12,21,25,28-29H,24H2,1H3,(H,27,30). The number of halogens is 1. The van der Waals surface area contributed by atoms with Crippen molar-refractivity contribution in [3.63, 3.8) is 0 Å². The molecule has 30 heavy (non-hydrogen) atoms. The molecule has 152 valence electrons. The Morgan fingerprint density at radius 1 is 1.13 bits per heavy atom. The Hall–Kier alpha value is -3.94. The lowest BCUT2D eigenvalue weighted by Crippen LogP contribution is -2.42. The van der Waals surface area contributed by atoms with Crippen molar-refractivity contribution in [2.75, 3.05) is 16.4 Å². The maximum Gasteiger partial charge on any atom is 0.263 e. The summed E-state index contributed by atoms with van der Waals surface area (Å²) >= 11 is 0. The molecule has 8 heteroatoms. The van der Waals surface area contributed by atoms with Crippen molar-refractivity contribution in [1.82, 2.24) is 10.3 Å². The number of nitrogens with two attached hydrogens (primary N) is 1. The third kappa shape index (κ3) is 3.80. The fourth-order valence-electron chi connectivity index (χ4n) is 3.36. The number of hydrogen-bond donors (Lipinski definition) is 5. The van der Waals surface area contributed by atoms with Gasteiger partial charge in [-0.2, -0.15) is 0 Å². The van der Waals surface area contributed by atoms with Crippen LogP contribution in [0, 0.1) is 11.2 Å². The van der Waals surface area contributed by atoms with E-state index in [2.05, 4.69) is 20.9 Å². The van der Waals surface area contributed by atoms with Gasteiger partial charge in [0.15, 0.2) is 6.17 Å². The van der Waals surface area contributed by atoms with Crippen molar-refractivity contribution in [1.29, 1.82) is 5.41 Å². The number of amides is 1. The molecule has 0 aliphatic carbocycles. The van der Waals surface area contributed by atoms with Gasteiger partial charge in [0.1, 0.15) is 5.82 Å². The molecular formula is C22H21FN6O. The molecule has 2 heterocycles. The first-order chi connectivity index (χ1) is 14.4. The van der Waals surface area contributed by atoms with Crippen LogP contribution in [0.4, 0.5) is 21.5 Å². The first-order valence-corrected chi connectivity index (χ1v) is 9.44. The summed E-state index contributed by atoms with van der Waals surface area (Å²) in [7, 11) is 0. The fourth-order valence-corrected chi connectivity index (χ4v) is 3.36. The van der Waals surface area contributed by atoms with Crippen LogP contribution in [0.5, 0.6) is 0 Å². The number of nitrogen functional groups attached to an aromatic ring is 1. The van der Waals surface area contributed by atoms with Crippen molar-refractivity contribution < 1.29 is 9.18 Å². The van der Waals surface area contributed by atoms with Crippen LogP contribution in [-0.4, -0.2) is 22.8 Å².